The number of halogens is 3. The highest BCUT2D eigenvalue weighted by Crippen LogP contribution is 2.33. The Kier molecular flexibility index (Phi) is 6.45. The van der Waals surface area contributed by atoms with E-state index in [0.29, 0.717) is 18.7 Å². The molecule has 1 aliphatic rings. The summed E-state index contributed by atoms with van der Waals surface area (Å²) in [5, 5.41) is 15.3. The first-order valence-electron chi connectivity index (χ1n) is 11.8. The van der Waals surface area contributed by atoms with Crippen LogP contribution in [0.4, 0.5) is 19.0 Å². The summed E-state index contributed by atoms with van der Waals surface area (Å²) in [5.41, 5.74) is 1.96. The number of nitrogens with zero attached hydrogens (tertiary/aromatic N) is 6. The SMILES string of the molecule is CN(C(=O)c1ccc(OC(F)(F)F)cc1)C1CCN(c2nnc(-c3ccnn3C)c3ccccc23)CC1. The molecule has 2 aromatic carbocycles. The van der Waals surface area contributed by atoms with Crippen LogP contribution in [-0.2, 0) is 7.05 Å². The minimum Gasteiger partial charge on any atom is -0.406 e. The van der Waals surface area contributed by atoms with Crippen molar-refractivity contribution in [2.45, 2.75) is 25.2 Å². The van der Waals surface area contributed by atoms with Crippen molar-refractivity contribution in [3.63, 3.8) is 0 Å². The van der Waals surface area contributed by atoms with Crippen molar-refractivity contribution in [2.24, 2.45) is 7.05 Å². The standard InChI is InChI=1S/C26H25F3N6O2/c1-33(25(36)17-7-9-19(10-8-17)37-26(27,28)29)18-12-15-35(16-13-18)24-21-6-4-3-5-20(21)23(31-32-24)22-11-14-30-34(22)2/h3-11,14,18H,12-13,15-16H2,1-2H3. The largest absolute Gasteiger partial charge is 0.573 e. The average Bonchev–Trinajstić information content (AvgIpc) is 3.32. The number of carbonyl (C=O) groups is 1. The van der Waals surface area contributed by atoms with Crippen LogP contribution >= 0.6 is 0 Å². The highest BCUT2D eigenvalue weighted by Gasteiger charge is 2.31. The molecule has 3 heterocycles. The van der Waals surface area contributed by atoms with Gasteiger partial charge in [-0.05, 0) is 43.2 Å². The molecule has 1 fully saturated rings. The molecule has 0 spiro atoms. The molecule has 1 aliphatic heterocycles. The van der Waals surface area contributed by atoms with Crippen LogP contribution in [0.3, 0.4) is 0 Å². The summed E-state index contributed by atoms with van der Waals surface area (Å²) in [5.74, 6) is 0.194. The maximum atomic E-state index is 13.0. The Morgan fingerprint density at radius 2 is 1.68 bits per heavy atom. The van der Waals surface area contributed by atoms with E-state index >= 15 is 0 Å². The number of fused-ring (bicyclic) bond motifs is 1. The van der Waals surface area contributed by atoms with Crippen molar-refractivity contribution in [1.82, 2.24) is 24.9 Å². The number of rotatable bonds is 5. The molecule has 0 saturated carbocycles. The third-order valence-electron chi connectivity index (χ3n) is 6.70. The van der Waals surface area contributed by atoms with Crippen molar-refractivity contribution < 1.29 is 22.7 Å². The number of amides is 1. The van der Waals surface area contributed by atoms with Gasteiger partial charge in [0.2, 0.25) is 0 Å². The lowest BCUT2D eigenvalue weighted by molar-refractivity contribution is -0.274. The topological polar surface area (TPSA) is 76.4 Å². The molecule has 5 rings (SSSR count). The summed E-state index contributed by atoms with van der Waals surface area (Å²) in [6, 6.07) is 14.9. The molecule has 0 N–H and O–H groups in total. The number of ether oxygens (including phenoxy) is 1. The van der Waals surface area contributed by atoms with Crippen molar-refractivity contribution >= 4 is 22.5 Å². The van der Waals surface area contributed by atoms with Crippen LogP contribution in [0.1, 0.15) is 23.2 Å². The van der Waals surface area contributed by atoms with E-state index < -0.39 is 6.36 Å². The fraction of sp³-hybridized carbons (Fsp3) is 0.308. The van der Waals surface area contributed by atoms with E-state index in [9.17, 15) is 18.0 Å². The molecule has 1 saturated heterocycles. The molecule has 8 nitrogen and oxygen atoms in total. The van der Waals surface area contributed by atoms with Gasteiger partial charge in [0.1, 0.15) is 11.4 Å². The van der Waals surface area contributed by atoms with Crippen LogP contribution in [-0.4, -0.2) is 63.3 Å². The van der Waals surface area contributed by atoms with Gasteiger partial charge < -0.3 is 14.5 Å². The third kappa shape index (κ3) is 5.07. The minimum absolute atomic E-state index is 0.0113. The van der Waals surface area contributed by atoms with E-state index in [1.54, 1.807) is 22.8 Å². The molecular formula is C26H25F3N6O2. The Bertz CT molecular complexity index is 1410. The minimum atomic E-state index is -4.77. The van der Waals surface area contributed by atoms with Gasteiger partial charge in [-0.1, -0.05) is 24.3 Å². The first-order chi connectivity index (χ1) is 17.7. The Morgan fingerprint density at radius 1 is 1.00 bits per heavy atom. The van der Waals surface area contributed by atoms with Crippen LogP contribution < -0.4 is 9.64 Å². The molecule has 0 atom stereocenters. The van der Waals surface area contributed by atoms with Gasteiger partial charge in [-0.15, -0.1) is 23.4 Å². The summed E-state index contributed by atoms with van der Waals surface area (Å²) in [6.45, 7) is 1.37. The first-order valence-corrected chi connectivity index (χ1v) is 11.8. The van der Waals surface area contributed by atoms with Gasteiger partial charge in [-0.3, -0.25) is 9.48 Å². The van der Waals surface area contributed by atoms with Crippen LogP contribution in [0, 0.1) is 0 Å². The second-order valence-electron chi connectivity index (χ2n) is 8.96. The molecule has 0 aliphatic carbocycles. The lowest BCUT2D eigenvalue weighted by Crippen LogP contribution is -2.46. The first kappa shape index (κ1) is 24.5. The molecular weight excluding hydrogens is 485 g/mol. The number of aromatic nitrogens is 4. The molecule has 0 radical (unpaired) electrons. The van der Waals surface area contributed by atoms with Crippen LogP contribution in [0.2, 0.25) is 0 Å². The van der Waals surface area contributed by atoms with Gasteiger partial charge in [0.15, 0.2) is 5.82 Å². The Morgan fingerprint density at radius 3 is 2.30 bits per heavy atom. The average molecular weight is 511 g/mol. The third-order valence-corrected chi connectivity index (χ3v) is 6.70. The van der Waals surface area contributed by atoms with Gasteiger partial charge in [0.05, 0.1) is 5.69 Å². The predicted molar refractivity (Wildman–Crippen MR) is 132 cm³/mol. The number of anilines is 1. The molecule has 0 bridgehead atoms. The molecule has 37 heavy (non-hydrogen) atoms. The maximum absolute atomic E-state index is 13.0. The number of alkyl halides is 3. The Labute approximate surface area is 211 Å². The summed E-state index contributed by atoms with van der Waals surface area (Å²) in [4.78, 5) is 16.8. The zero-order chi connectivity index (χ0) is 26.2. The Balaban J connectivity index is 1.28. The van der Waals surface area contributed by atoms with Gasteiger partial charge in [0.25, 0.3) is 5.91 Å². The summed E-state index contributed by atoms with van der Waals surface area (Å²) in [6.07, 6.45) is -1.61. The number of benzene rings is 2. The molecule has 2 aromatic heterocycles. The van der Waals surface area contributed by atoms with Gasteiger partial charge in [0, 0.05) is 55.8 Å². The van der Waals surface area contributed by atoms with Gasteiger partial charge >= 0.3 is 6.36 Å². The van der Waals surface area contributed by atoms with E-state index in [1.807, 2.05) is 37.4 Å². The molecule has 11 heteroatoms. The van der Waals surface area contributed by atoms with E-state index in [0.717, 1.165) is 53.0 Å². The van der Waals surface area contributed by atoms with Gasteiger partial charge in [-0.2, -0.15) is 5.10 Å². The highest BCUT2D eigenvalue weighted by atomic mass is 19.4. The fourth-order valence-electron chi connectivity index (χ4n) is 4.75. The monoisotopic (exact) mass is 510 g/mol. The number of carbonyl (C=O) groups excluding carboxylic acids is 1. The lowest BCUT2D eigenvalue weighted by Gasteiger charge is -2.37. The number of hydrogen-bond donors (Lipinski definition) is 0. The van der Waals surface area contributed by atoms with Crippen molar-refractivity contribution in [3.8, 4) is 17.1 Å². The number of hydrogen-bond acceptors (Lipinski definition) is 6. The van der Waals surface area contributed by atoms with Crippen molar-refractivity contribution in [1.29, 1.82) is 0 Å². The zero-order valence-corrected chi connectivity index (χ0v) is 20.3. The number of aryl methyl sites for hydroxylation is 1. The predicted octanol–water partition coefficient (Wildman–Crippen LogP) is 4.67. The summed E-state index contributed by atoms with van der Waals surface area (Å²) >= 11 is 0. The maximum Gasteiger partial charge on any atom is 0.573 e. The van der Waals surface area contributed by atoms with Gasteiger partial charge in [-0.25, -0.2) is 0 Å². The van der Waals surface area contributed by atoms with Crippen LogP contribution in [0.5, 0.6) is 5.75 Å². The van der Waals surface area contributed by atoms with Crippen molar-refractivity contribution in [3.05, 3.63) is 66.4 Å². The van der Waals surface area contributed by atoms with Crippen molar-refractivity contribution in [2.75, 3.05) is 25.0 Å². The highest BCUT2D eigenvalue weighted by molar-refractivity contribution is 6.00. The zero-order valence-electron chi connectivity index (χ0n) is 20.3. The summed E-state index contributed by atoms with van der Waals surface area (Å²) in [7, 11) is 3.59. The molecule has 192 valence electrons. The van der Waals surface area contributed by atoms with Crippen LogP contribution in [0.15, 0.2) is 60.8 Å². The smallest absolute Gasteiger partial charge is 0.406 e. The molecule has 0 unspecified atom stereocenters. The molecule has 1 amide bonds. The van der Waals surface area contributed by atoms with Crippen LogP contribution in [0.25, 0.3) is 22.2 Å². The summed E-state index contributed by atoms with van der Waals surface area (Å²) < 4.78 is 42.9. The van der Waals surface area contributed by atoms with E-state index in [2.05, 4.69) is 24.9 Å². The lowest BCUT2D eigenvalue weighted by atomic mass is 10.0. The normalized spacial score (nSPS) is 14.7. The van der Waals surface area contributed by atoms with E-state index in [1.165, 1.54) is 12.1 Å². The fourth-order valence-corrected chi connectivity index (χ4v) is 4.75. The van der Waals surface area contributed by atoms with E-state index in [-0.39, 0.29) is 17.7 Å². The Hall–Kier alpha value is -4.15. The molecule has 4 aromatic rings. The second-order valence-corrected chi connectivity index (χ2v) is 8.96. The van der Waals surface area contributed by atoms with E-state index in [4.69, 9.17) is 0 Å². The quantitative estimate of drug-likeness (QED) is 0.389. The second kappa shape index (κ2) is 9.72. The number of piperidine rings is 1.